The summed E-state index contributed by atoms with van der Waals surface area (Å²) in [6.07, 6.45) is 2.53. The molecule has 1 aromatic rings. The summed E-state index contributed by atoms with van der Waals surface area (Å²) in [4.78, 5) is 0. The van der Waals surface area contributed by atoms with Gasteiger partial charge in [-0.05, 0) is 0 Å². The minimum atomic E-state index is -3.63. The van der Waals surface area contributed by atoms with Crippen molar-refractivity contribution in [1.82, 2.24) is 0 Å². The van der Waals surface area contributed by atoms with E-state index in [-0.39, 0.29) is 0 Å². The molecule has 0 unspecified atom stereocenters. The van der Waals surface area contributed by atoms with Crippen molar-refractivity contribution < 1.29 is 0 Å². The molecule has 0 aromatic heterocycles. The molecule has 14 heavy (non-hydrogen) atoms. The number of fused-ring (bicyclic) bond motifs is 1. The molecular formula is C9H7Cl4P. The van der Waals surface area contributed by atoms with Gasteiger partial charge in [0.15, 0.2) is 0 Å². The van der Waals surface area contributed by atoms with Gasteiger partial charge >= 0.3 is 102 Å². The first-order chi connectivity index (χ1) is 6.33. The fraction of sp³-hybridized carbons (Fsp3) is 0.111. The van der Waals surface area contributed by atoms with Crippen LogP contribution in [0.4, 0.5) is 0 Å². The van der Waals surface area contributed by atoms with Gasteiger partial charge in [0.05, 0.1) is 0 Å². The van der Waals surface area contributed by atoms with E-state index in [2.05, 4.69) is 0 Å². The second-order valence-electron chi connectivity index (χ2n) is 3.23. The van der Waals surface area contributed by atoms with E-state index in [1.54, 1.807) is 0 Å². The van der Waals surface area contributed by atoms with Gasteiger partial charge in [0.25, 0.3) is 0 Å². The Bertz CT molecular complexity index is 407. The topological polar surface area (TPSA) is 0 Å². The molecule has 0 aliphatic heterocycles. The maximum atomic E-state index is 5.94. The predicted octanol–water partition coefficient (Wildman–Crippen LogP) is 5.75. The number of allylic oxidation sites excluding steroid dienone is 1. The Balaban J connectivity index is 2.43. The van der Waals surface area contributed by atoms with Gasteiger partial charge in [0.2, 0.25) is 0 Å². The third-order valence-corrected chi connectivity index (χ3v) is 5.94. The van der Waals surface area contributed by atoms with Gasteiger partial charge in [-0.2, -0.15) is 0 Å². The van der Waals surface area contributed by atoms with Gasteiger partial charge in [0.1, 0.15) is 0 Å². The number of halogens is 4. The zero-order valence-corrected chi connectivity index (χ0v) is 11.0. The van der Waals surface area contributed by atoms with Gasteiger partial charge in [0, 0.05) is 0 Å². The van der Waals surface area contributed by atoms with E-state index in [0.717, 1.165) is 10.9 Å². The standard InChI is InChI=1S/C9H7Cl4P/c10-14(11,12,13)9-5-7-3-1-2-4-8(7)6-9/h1-5H,6H2. The van der Waals surface area contributed by atoms with Crippen molar-refractivity contribution in [1.29, 1.82) is 0 Å². The zero-order valence-electron chi connectivity index (χ0n) is 7.05. The molecule has 2 rings (SSSR count). The number of benzene rings is 1. The van der Waals surface area contributed by atoms with Crippen molar-refractivity contribution in [2.45, 2.75) is 6.42 Å². The Morgan fingerprint density at radius 3 is 2.21 bits per heavy atom. The first-order valence-electron chi connectivity index (χ1n) is 4.01. The molecule has 0 atom stereocenters. The zero-order chi connectivity index (χ0) is 10.4. The first-order valence-corrected chi connectivity index (χ1v) is 9.87. The van der Waals surface area contributed by atoms with Crippen LogP contribution in [0.2, 0.25) is 0 Å². The molecule has 0 nitrogen and oxygen atoms in total. The molecule has 0 heterocycles. The van der Waals surface area contributed by atoms with Crippen molar-refractivity contribution in [3.8, 4) is 0 Å². The summed E-state index contributed by atoms with van der Waals surface area (Å²) in [6.45, 7) is 0. The molecule has 0 amide bonds. The second kappa shape index (κ2) is 3.27. The summed E-state index contributed by atoms with van der Waals surface area (Å²) >= 11 is 23.8. The Kier molecular flexibility index (Phi) is 2.58. The summed E-state index contributed by atoms with van der Waals surface area (Å²) in [5.74, 6) is 0. The average molecular weight is 288 g/mol. The molecule has 0 saturated carbocycles. The molecule has 76 valence electrons. The van der Waals surface area contributed by atoms with Crippen LogP contribution in [-0.2, 0) is 6.42 Å². The van der Waals surface area contributed by atoms with E-state index in [4.69, 9.17) is 45.0 Å². The molecule has 1 aromatic carbocycles. The third kappa shape index (κ3) is 2.21. The van der Waals surface area contributed by atoms with Gasteiger partial charge in [-0.3, -0.25) is 0 Å². The van der Waals surface area contributed by atoms with Gasteiger partial charge < -0.3 is 0 Å². The summed E-state index contributed by atoms with van der Waals surface area (Å²) in [6, 6.07) is 7.93. The van der Waals surface area contributed by atoms with Gasteiger partial charge in [-0.15, -0.1) is 0 Å². The van der Waals surface area contributed by atoms with Crippen molar-refractivity contribution in [2.75, 3.05) is 0 Å². The van der Waals surface area contributed by atoms with Crippen molar-refractivity contribution in [3.05, 3.63) is 40.7 Å². The monoisotopic (exact) mass is 286 g/mol. The molecule has 0 bridgehead atoms. The van der Waals surface area contributed by atoms with Crippen LogP contribution < -0.4 is 0 Å². The summed E-state index contributed by atoms with van der Waals surface area (Å²) < 4.78 is -3.63. The van der Waals surface area contributed by atoms with E-state index in [1.807, 2.05) is 30.3 Å². The van der Waals surface area contributed by atoms with E-state index >= 15 is 0 Å². The predicted molar refractivity (Wildman–Crippen MR) is 68.5 cm³/mol. The van der Waals surface area contributed by atoms with Crippen molar-refractivity contribution >= 4 is 55.1 Å². The van der Waals surface area contributed by atoms with Crippen LogP contribution in [0.15, 0.2) is 29.6 Å². The number of rotatable bonds is 1. The molecule has 1 aliphatic rings. The fourth-order valence-electron chi connectivity index (χ4n) is 1.48. The molecule has 0 radical (unpaired) electrons. The Hall–Kier alpha value is 0.550. The summed E-state index contributed by atoms with van der Waals surface area (Å²) in [5.41, 5.74) is 2.26. The van der Waals surface area contributed by atoms with E-state index < -0.39 is 4.01 Å². The minimum absolute atomic E-state index is 0.647. The molecule has 1 aliphatic carbocycles. The second-order valence-corrected chi connectivity index (χ2v) is 16.5. The fourth-order valence-corrected chi connectivity index (χ4v) is 3.53. The number of hydrogen-bond acceptors (Lipinski definition) is 0. The number of hydrogen-bond donors (Lipinski definition) is 0. The van der Waals surface area contributed by atoms with E-state index in [0.29, 0.717) is 6.42 Å². The van der Waals surface area contributed by atoms with Crippen LogP contribution in [0.5, 0.6) is 0 Å². The van der Waals surface area contributed by atoms with Gasteiger partial charge in [-0.1, -0.05) is 0 Å². The molecule has 0 saturated heterocycles. The molecule has 0 fully saturated rings. The molecule has 0 N–H and O–H groups in total. The van der Waals surface area contributed by atoms with Gasteiger partial charge in [-0.25, -0.2) is 0 Å². The van der Waals surface area contributed by atoms with Crippen molar-refractivity contribution in [3.63, 3.8) is 0 Å². The molecule has 5 heteroatoms. The third-order valence-electron chi connectivity index (χ3n) is 2.18. The molecular weight excluding hydrogens is 281 g/mol. The van der Waals surface area contributed by atoms with E-state index in [9.17, 15) is 0 Å². The van der Waals surface area contributed by atoms with Crippen LogP contribution in [0.1, 0.15) is 11.1 Å². The SMILES string of the molecule is ClP(Cl)(Cl)(Cl)C1=Cc2ccccc2C1. The van der Waals surface area contributed by atoms with Crippen LogP contribution in [0.25, 0.3) is 6.08 Å². The maximum absolute atomic E-state index is 5.94. The molecule has 0 spiro atoms. The van der Waals surface area contributed by atoms with Crippen LogP contribution >= 0.6 is 49.0 Å². The van der Waals surface area contributed by atoms with Crippen molar-refractivity contribution in [2.24, 2.45) is 0 Å². The Morgan fingerprint density at radius 2 is 1.64 bits per heavy atom. The van der Waals surface area contributed by atoms with E-state index in [1.165, 1.54) is 5.56 Å². The Morgan fingerprint density at radius 1 is 1.00 bits per heavy atom. The Labute approximate surface area is 102 Å². The normalized spacial score (nSPS) is 18.3. The van der Waals surface area contributed by atoms with Crippen LogP contribution in [0, 0.1) is 0 Å². The summed E-state index contributed by atoms with van der Waals surface area (Å²) in [7, 11) is 0. The average Bonchev–Trinajstić information content (AvgIpc) is 2.44. The van der Waals surface area contributed by atoms with Crippen LogP contribution in [0.3, 0.4) is 0 Å². The van der Waals surface area contributed by atoms with Crippen LogP contribution in [-0.4, -0.2) is 0 Å². The first kappa shape index (κ1) is 11.0. The quantitative estimate of drug-likeness (QED) is 0.577. The summed E-state index contributed by atoms with van der Waals surface area (Å²) in [5, 5.41) is 0.726.